The summed E-state index contributed by atoms with van der Waals surface area (Å²) in [6, 6.07) is 17.4. The second kappa shape index (κ2) is 11.5. The number of fused-ring (bicyclic) bond motifs is 1. The molecular formula is C32H27FN4O6. The lowest BCUT2D eigenvalue weighted by atomic mass is 10.0. The van der Waals surface area contributed by atoms with Crippen LogP contribution in [0.4, 0.5) is 15.8 Å². The first-order chi connectivity index (χ1) is 20.8. The van der Waals surface area contributed by atoms with Gasteiger partial charge in [0.05, 0.1) is 23.4 Å². The predicted molar refractivity (Wildman–Crippen MR) is 156 cm³/mol. The first-order valence-electron chi connectivity index (χ1n) is 13.6. The molecule has 2 aromatic heterocycles. The molecule has 43 heavy (non-hydrogen) atoms. The maximum absolute atomic E-state index is 13.2. The largest absolute Gasteiger partial charge is 0.490 e. The number of aliphatic hydroxyl groups is 1. The molecule has 3 N–H and O–H groups in total. The summed E-state index contributed by atoms with van der Waals surface area (Å²) in [6.45, 7) is 1.71. The Bertz CT molecular complexity index is 1770. The van der Waals surface area contributed by atoms with Crippen LogP contribution in [0.5, 0.6) is 17.2 Å². The molecule has 1 fully saturated rings. The van der Waals surface area contributed by atoms with Crippen molar-refractivity contribution in [2.45, 2.75) is 25.9 Å². The van der Waals surface area contributed by atoms with E-state index in [0.29, 0.717) is 63.8 Å². The Morgan fingerprint density at radius 2 is 1.63 bits per heavy atom. The first kappa shape index (κ1) is 27.9. The van der Waals surface area contributed by atoms with Gasteiger partial charge in [0.15, 0.2) is 0 Å². The molecule has 3 aromatic carbocycles. The van der Waals surface area contributed by atoms with Gasteiger partial charge in [0, 0.05) is 29.0 Å². The fourth-order valence-electron chi connectivity index (χ4n) is 4.54. The van der Waals surface area contributed by atoms with Crippen LogP contribution in [-0.4, -0.2) is 39.6 Å². The van der Waals surface area contributed by atoms with Gasteiger partial charge in [-0.1, -0.05) is 0 Å². The zero-order chi connectivity index (χ0) is 30.0. The number of nitrogens with zero attached hydrogens (tertiary/aromatic N) is 2. The van der Waals surface area contributed by atoms with Crippen molar-refractivity contribution in [3.8, 4) is 28.7 Å². The fraction of sp³-hybridized carbons (Fsp3) is 0.188. The zero-order valence-corrected chi connectivity index (χ0v) is 23.0. The Balaban J connectivity index is 1.17. The lowest BCUT2D eigenvalue weighted by molar-refractivity contribution is -0.131. The highest BCUT2D eigenvalue weighted by Gasteiger charge is 2.56. The number of pyridine rings is 1. The lowest BCUT2D eigenvalue weighted by Crippen LogP contribution is -2.35. The molecule has 0 saturated heterocycles. The Labute approximate surface area is 245 Å². The zero-order valence-electron chi connectivity index (χ0n) is 23.0. The number of hydrogen-bond donors (Lipinski definition) is 3. The molecule has 1 saturated carbocycles. The monoisotopic (exact) mass is 582 g/mol. The normalized spacial score (nSPS) is 14.1. The summed E-state index contributed by atoms with van der Waals surface area (Å²) in [5, 5.41) is 15.9. The second-order valence-electron chi connectivity index (χ2n) is 10.3. The highest BCUT2D eigenvalue weighted by atomic mass is 19.1. The molecule has 1 aliphatic rings. The van der Waals surface area contributed by atoms with Crippen LogP contribution in [0.3, 0.4) is 0 Å². The summed E-state index contributed by atoms with van der Waals surface area (Å²) in [5.41, 5.74) is 0.936. The Morgan fingerprint density at radius 3 is 2.23 bits per heavy atom. The minimum absolute atomic E-state index is 0.0817. The van der Waals surface area contributed by atoms with Gasteiger partial charge in [0.2, 0.25) is 17.7 Å². The number of amides is 2. The van der Waals surface area contributed by atoms with Crippen molar-refractivity contribution >= 4 is 34.1 Å². The number of benzene rings is 3. The third-order valence-electron chi connectivity index (χ3n) is 7.01. The number of anilines is 2. The van der Waals surface area contributed by atoms with Crippen molar-refractivity contribution < 1.29 is 33.0 Å². The quantitative estimate of drug-likeness (QED) is 0.172. The number of hydrogen-bond acceptors (Lipinski definition) is 8. The van der Waals surface area contributed by atoms with Crippen LogP contribution in [0, 0.1) is 11.2 Å². The summed E-state index contributed by atoms with van der Waals surface area (Å²) in [4.78, 5) is 34.6. The highest BCUT2D eigenvalue weighted by Crippen LogP contribution is 2.47. The summed E-state index contributed by atoms with van der Waals surface area (Å²) in [5.74, 6) is 0.583. The van der Waals surface area contributed by atoms with Gasteiger partial charge < -0.3 is 29.6 Å². The number of aromatic nitrogens is 2. The fourth-order valence-corrected chi connectivity index (χ4v) is 4.54. The minimum atomic E-state index is -1.17. The first-order valence-corrected chi connectivity index (χ1v) is 13.6. The number of carbonyl (C=O) groups is 2. The maximum Gasteiger partial charge on any atom is 0.240 e. The van der Waals surface area contributed by atoms with E-state index in [9.17, 15) is 19.1 Å². The maximum atomic E-state index is 13.2. The molecule has 0 spiro atoms. The van der Waals surface area contributed by atoms with Gasteiger partial charge >= 0.3 is 0 Å². The molecule has 0 radical (unpaired) electrons. The van der Waals surface area contributed by atoms with E-state index in [1.54, 1.807) is 49.5 Å². The lowest BCUT2D eigenvalue weighted by Gasteiger charge is -2.16. The molecule has 218 valence electrons. The van der Waals surface area contributed by atoms with E-state index in [4.69, 9.17) is 13.9 Å². The van der Waals surface area contributed by atoms with Gasteiger partial charge in [-0.3, -0.25) is 14.6 Å². The van der Waals surface area contributed by atoms with Gasteiger partial charge in [-0.25, -0.2) is 9.37 Å². The molecule has 10 nitrogen and oxygen atoms in total. The summed E-state index contributed by atoms with van der Waals surface area (Å²) in [7, 11) is 0. The van der Waals surface area contributed by atoms with Crippen molar-refractivity contribution in [2.24, 2.45) is 5.41 Å². The smallest absolute Gasteiger partial charge is 0.240 e. The standard InChI is InChI=1S/C32H27FN4O6/c1-19(38)18-42-28-17-26-24(16-25(28)29-35-14-15-41-29)27(10-13-34-26)43-23-8-6-22(7-9-23)37-31(40)32(11-12-32)30(39)36-21-4-2-20(33)3-5-21/h2-10,13-17,19,38H,11-12,18H2,1H3,(H,36,39)(H,37,40). The van der Waals surface area contributed by atoms with E-state index in [2.05, 4.69) is 20.6 Å². The van der Waals surface area contributed by atoms with E-state index in [1.807, 2.05) is 6.07 Å². The summed E-state index contributed by atoms with van der Waals surface area (Å²) < 4.78 is 30.7. The molecule has 1 aliphatic carbocycles. The molecule has 11 heteroatoms. The third-order valence-corrected chi connectivity index (χ3v) is 7.01. The Morgan fingerprint density at radius 1 is 0.953 bits per heavy atom. The van der Waals surface area contributed by atoms with Gasteiger partial charge in [-0.2, -0.15) is 0 Å². The average molecular weight is 583 g/mol. The number of halogens is 1. The van der Waals surface area contributed by atoms with Gasteiger partial charge in [-0.05, 0) is 80.4 Å². The van der Waals surface area contributed by atoms with Crippen molar-refractivity contribution in [1.82, 2.24) is 9.97 Å². The molecule has 5 aromatic rings. The number of ether oxygens (including phenoxy) is 2. The topological polar surface area (TPSA) is 136 Å². The van der Waals surface area contributed by atoms with E-state index in [-0.39, 0.29) is 6.61 Å². The van der Waals surface area contributed by atoms with E-state index in [1.165, 1.54) is 36.7 Å². The molecule has 2 heterocycles. The van der Waals surface area contributed by atoms with E-state index >= 15 is 0 Å². The minimum Gasteiger partial charge on any atom is -0.490 e. The molecule has 0 bridgehead atoms. The second-order valence-corrected chi connectivity index (χ2v) is 10.3. The molecule has 0 aliphatic heterocycles. The molecular weight excluding hydrogens is 555 g/mol. The molecule has 6 rings (SSSR count). The van der Waals surface area contributed by atoms with Gasteiger partial charge in [-0.15, -0.1) is 0 Å². The number of aliphatic hydroxyl groups excluding tert-OH is 1. The van der Waals surface area contributed by atoms with E-state index < -0.39 is 29.2 Å². The van der Waals surface area contributed by atoms with Crippen LogP contribution < -0.4 is 20.1 Å². The van der Waals surface area contributed by atoms with Crippen LogP contribution in [-0.2, 0) is 9.59 Å². The Hall–Kier alpha value is -5.29. The Kier molecular flexibility index (Phi) is 7.47. The van der Waals surface area contributed by atoms with Crippen molar-refractivity contribution in [3.63, 3.8) is 0 Å². The van der Waals surface area contributed by atoms with Crippen molar-refractivity contribution in [3.05, 3.63) is 91.2 Å². The third kappa shape index (κ3) is 6.02. The van der Waals surface area contributed by atoms with Crippen LogP contribution in [0.25, 0.3) is 22.4 Å². The number of nitrogens with one attached hydrogen (secondary N) is 2. The summed E-state index contributed by atoms with van der Waals surface area (Å²) >= 11 is 0. The van der Waals surface area contributed by atoms with Crippen molar-refractivity contribution in [1.29, 1.82) is 0 Å². The van der Waals surface area contributed by atoms with Crippen LogP contribution in [0.2, 0.25) is 0 Å². The van der Waals surface area contributed by atoms with Crippen LogP contribution >= 0.6 is 0 Å². The van der Waals surface area contributed by atoms with Crippen LogP contribution in [0.15, 0.2) is 89.8 Å². The van der Waals surface area contributed by atoms with Crippen molar-refractivity contribution in [2.75, 3.05) is 17.2 Å². The predicted octanol–water partition coefficient (Wildman–Crippen LogP) is 5.94. The van der Waals surface area contributed by atoms with E-state index in [0.717, 1.165) is 0 Å². The van der Waals surface area contributed by atoms with Gasteiger partial charge in [0.1, 0.15) is 41.4 Å². The average Bonchev–Trinajstić information content (AvgIpc) is 3.65. The highest BCUT2D eigenvalue weighted by molar-refractivity contribution is 6.16. The number of oxazole rings is 1. The molecule has 1 unspecified atom stereocenters. The number of carbonyl (C=O) groups excluding carboxylic acids is 2. The van der Waals surface area contributed by atoms with Gasteiger partial charge in [0.25, 0.3) is 0 Å². The number of rotatable bonds is 10. The van der Waals surface area contributed by atoms with Crippen LogP contribution in [0.1, 0.15) is 19.8 Å². The molecule has 2 amide bonds. The SMILES string of the molecule is CC(O)COc1cc2nccc(Oc3ccc(NC(=O)C4(C(=O)Nc5ccc(F)cc5)CC4)cc3)c2cc1-c1ncco1. The molecule has 1 atom stereocenters. The summed E-state index contributed by atoms with van der Waals surface area (Å²) in [6.07, 6.45) is 4.77.